The van der Waals surface area contributed by atoms with Gasteiger partial charge in [0.25, 0.3) is 0 Å². The van der Waals surface area contributed by atoms with Crippen LogP contribution in [-0.4, -0.2) is 53.0 Å². The fraction of sp³-hybridized carbons (Fsp3) is 0.486. The first-order chi connectivity index (χ1) is 20.3. The number of rotatable bonds is 19. The van der Waals surface area contributed by atoms with Crippen LogP contribution in [0.25, 0.3) is 10.2 Å². The predicted molar refractivity (Wildman–Crippen MR) is 174 cm³/mol. The molecule has 1 N–H and O–H groups in total. The van der Waals surface area contributed by atoms with Gasteiger partial charge in [-0.2, -0.15) is 0 Å². The van der Waals surface area contributed by atoms with Gasteiger partial charge in [-0.15, -0.1) is 11.3 Å². The fourth-order valence-corrected chi connectivity index (χ4v) is 6.29. The number of hydrogen-bond acceptors (Lipinski definition) is 6. The van der Waals surface area contributed by atoms with Gasteiger partial charge in [0.05, 0.1) is 21.1 Å². The van der Waals surface area contributed by atoms with Crippen molar-refractivity contribution >= 4 is 39.0 Å². The van der Waals surface area contributed by atoms with Crippen molar-refractivity contribution in [3.63, 3.8) is 0 Å². The van der Waals surface area contributed by atoms with E-state index in [2.05, 4.69) is 49.7 Å². The van der Waals surface area contributed by atoms with Gasteiger partial charge in [0.1, 0.15) is 5.78 Å². The number of aromatic nitrogens is 1. The lowest BCUT2D eigenvalue weighted by Crippen LogP contribution is -2.42. The molecule has 0 fully saturated rings. The van der Waals surface area contributed by atoms with E-state index >= 15 is 0 Å². The molecule has 1 heterocycles. The van der Waals surface area contributed by atoms with Gasteiger partial charge < -0.3 is 5.32 Å². The minimum atomic E-state index is -0.512. The molecule has 6 nitrogen and oxygen atoms in total. The highest BCUT2D eigenvalue weighted by Gasteiger charge is 2.26. The number of nitrogens with one attached hydrogen (secondary N) is 1. The highest BCUT2D eigenvalue weighted by molar-refractivity contribution is 7.18. The summed E-state index contributed by atoms with van der Waals surface area (Å²) in [6.45, 7) is 14.6. The van der Waals surface area contributed by atoms with E-state index in [1.54, 1.807) is 11.3 Å². The van der Waals surface area contributed by atoms with E-state index in [0.717, 1.165) is 46.7 Å². The molecule has 42 heavy (non-hydrogen) atoms. The van der Waals surface area contributed by atoms with Crippen molar-refractivity contribution in [3.8, 4) is 0 Å². The van der Waals surface area contributed by atoms with Gasteiger partial charge in [-0.1, -0.05) is 70.7 Å². The second kappa shape index (κ2) is 17.1. The number of thiazole rings is 1. The zero-order valence-corrected chi connectivity index (χ0v) is 26.6. The summed E-state index contributed by atoms with van der Waals surface area (Å²) >= 11 is 1.60. The molecule has 3 aromatic rings. The Morgan fingerprint density at radius 2 is 1.69 bits per heavy atom. The van der Waals surface area contributed by atoms with Crippen LogP contribution in [-0.2, 0) is 33.6 Å². The highest BCUT2D eigenvalue weighted by atomic mass is 32.1. The molecule has 0 bridgehead atoms. The Bertz CT molecular complexity index is 1330. The molecule has 0 spiro atoms. The standard InChI is InChI=1S/C35H47N3O3S/c1-6-13-30(39)22-28(23-34-37-31-18-16-26(7-2)21-33(31)42-34)35(41)36-29(20-27-14-11-10-12-15-27)17-19-32(40)25(5)24-38(8-3)9-4/h10-12,14-16,18,21,28-29H,5-9,13,17,19-20,22-24H2,1-4H3,(H,36,41)/t28-,29+/m0/s1. The van der Waals surface area contributed by atoms with Crippen molar-refractivity contribution in [2.45, 2.75) is 85.1 Å². The predicted octanol–water partition coefficient (Wildman–Crippen LogP) is 6.75. The number of carbonyl (C=O) groups excluding carboxylic acids is 3. The summed E-state index contributed by atoms with van der Waals surface area (Å²) in [5.74, 6) is -0.538. The van der Waals surface area contributed by atoms with Gasteiger partial charge >= 0.3 is 0 Å². The summed E-state index contributed by atoms with van der Waals surface area (Å²) < 4.78 is 1.11. The molecule has 0 unspecified atom stereocenters. The molecule has 0 aliphatic rings. The first-order valence-electron chi connectivity index (χ1n) is 15.4. The average Bonchev–Trinajstić information content (AvgIpc) is 3.40. The molecular weight excluding hydrogens is 542 g/mol. The Hall–Kier alpha value is -3.16. The quantitative estimate of drug-likeness (QED) is 0.157. The molecule has 7 heteroatoms. The van der Waals surface area contributed by atoms with Crippen LogP contribution >= 0.6 is 11.3 Å². The zero-order chi connectivity index (χ0) is 30.5. The number of fused-ring (bicyclic) bond motifs is 1. The number of amides is 1. The van der Waals surface area contributed by atoms with Gasteiger partial charge in [-0.25, -0.2) is 4.98 Å². The molecule has 1 amide bonds. The van der Waals surface area contributed by atoms with Crippen molar-refractivity contribution in [2.24, 2.45) is 5.92 Å². The van der Waals surface area contributed by atoms with Gasteiger partial charge in [0, 0.05) is 43.8 Å². The minimum Gasteiger partial charge on any atom is -0.353 e. The lowest BCUT2D eigenvalue weighted by atomic mass is 9.94. The third-order valence-electron chi connectivity index (χ3n) is 7.79. The largest absolute Gasteiger partial charge is 0.353 e. The minimum absolute atomic E-state index is 0.0322. The smallest absolute Gasteiger partial charge is 0.224 e. The summed E-state index contributed by atoms with van der Waals surface area (Å²) in [6, 6.07) is 16.0. The van der Waals surface area contributed by atoms with Crippen molar-refractivity contribution < 1.29 is 14.4 Å². The second-order valence-electron chi connectivity index (χ2n) is 11.1. The van der Waals surface area contributed by atoms with Crippen molar-refractivity contribution in [2.75, 3.05) is 19.6 Å². The summed E-state index contributed by atoms with van der Waals surface area (Å²) in [5.41, 5.74) is 3.88. The van der Waals surface area contributed by atoms with Crippen LogP contribution in [0, 0.1) is 5.92 Å². The number of nitrogens with zero attached hydrogens (tertiary/aromatic N) is 2. The van der Waals surface area contributed by atoms with E-state index in [0.29, 0.717) is 44.2 Å². The Morgan fingerprint density at radius 3 is 2.36 bits per heavy atom. The number of likely N-dealkylation sites (N-methyl/N-ethyl adjacent to an activating group) is 1. The molecule has 226 valence electrons. The maximum atomic E-state index is 13.8. The topological polar surface area (TPSA) is 79.4 Å². The third kappa shape index (κ3) is 10.3. The Kier molecular flexibility index (Phi) is 13.6. The third-order valence-corrected chi connectivity index (χ3v) is 8.83. The van der Waals surface area contributed by atoms with E-state index < -0.39 is 5.92 Å². The number of hydrogen-bond donors (Lipinski definition) is 1. The molecule has 1 aromatic heterocycles. The molecule has 0 aliphatic heterocycles. The summed E-state index contributed by atoms with van der Waals surface area (Å²) in [5, 5.41) is 4.10. The number of carbonyl (C=O) groups is 3. The fourth-order valence-electron chi connectivity index (χ4n) is 5.18. The number of ketones is 2. The molecule has 0 saturated heterocycles. The second-order valence-corrected chi connectivity index (χ2v) is 12.2. The van der Waals surface area contributed by atoms with E-state index in [4.69, 9.17) is 4.98 Å². The zero-order valence-electron chi connectivity index (χ0n) is 25.8. The van der Waals surface area contributed by atoms with Gasteiger partial charge in [0.15, 0.2) is 5.78 Å². The molecule has 0 saturated carbocycles. The Balaban J connectivity index is 1.77. The highest BCUT2D eigenvalue weighted by Crippen LogP contribution is 2.27. The van der Waals surface area contributed by atoms with Crippen LogP contribution in [0.15, 0.2) is 60.7 Å². The Labute approximate surface area is 255 Å². The van der Waals surface area contributed by atoms with E-state index in [9.17, 15) is 14.4 Å². The maximum Gasteiger partial charge on any atom is 0.224 e. The average molecular weight is 590 g/mol. The molecule has 0 radical (unpaired) electrons. The van der Waals surface area contributed by atoms with Crippen LogP contribution in [0.2, 0.25) is 0 Å². The summed E-state index contributed by atoms with van der Waals surface area (Å²) in [6.07, 6.45) is 4.20. The monoisotopic (exact) mass is 589 g/mol. The molecule has 2 aromatic carbocycles. The van der Waals surface area contributed by atoms with Crippen LogP contribution in [0.1, 0.15) is 75.9 Å². The van der Waals surface area contributed by atoms with E-state index in [-0.39, 0.29) is 29.9 Å². The summed E-state index contributed by atoms with van der Waals surface area (Å²) in [7, 11) is 0. The number of benzene rings is 2. The van der Waals surface area contributed by atoms with Crippen LogP contribution < -0.4 is 5.32 Å². The first kappa shape index (κ1) is 33.3. The van der Waals surface area contributed by atoms with Gasteiger partial charge in [0.2, 0.25) is 5.91 Å². The van der Waals surface area contributed by atoms with Crippen LogP contribution in [0.4, 0.5) is 0 Å². The molecule has 2 atom stereocenters. The van der Waals surface area contributed by atoms with Crippen LogP contribution in [0.3, 0.4) is 0 Å². The van der Waals surface area contributed by atoms with E-state index in [1.807, 2.05) is 43.3 Å². The number of aryl methyl sites for hydroxylation is 1. The number of Topliss-reactive ketones (excluding diaryl/α,β-unsaturated/α-hetero) is 2. The summed E-state index contributed by atoms with van der Waals surface area (Å²) in [4.78, 5) is 46.5. The molecular formula is C35H47N3O3S. The van der Waals surface area contributed by atoms with Crippen molar-refractivity contribution in [1.82, 2.24) is 15.2 Å². The van der Waals surface area contributed by atoms with Crippen molar-refractivity contribution in [3.05, 3.63) is 76.8 Å². The lowest BCUT2D eigenvalue weighted by Gasteiger charge is -2.23. The van der Waals surface area contributed by atoms with Crippen molar-refractivity contribution in [1.29, 1.82) is 0 Å². The molecule has 3 rings (SSSR count). The Morgan fingerprint density at radius 1 is 0.952 bits per heavy atom. The van der Waals surface area contributed by atoms with Gasteiger partial charge in [-0.05, 0) is 62.0 Å². The normalized spacial score (nSPS) is 12.8. The first-order valence-corrected chi connectivity index (χ1v) is 16.2. The van der Waals surface area contributed by atoms with E-state index in [1.165, 1.54) is 5.56 Å². The SMILES string of the molecule is C=C(CN(CC)CC)C(=O)CC[C@H](Cc1ccccc1)NC(=O)[C@@H](CC(=O)CCC)Cc1nc2ccc(CC)cc2s1. The van der Waals surface area contributed by atoms with Crippen LogP contribution in [0.5, 0.6) is 0 Å². The lowest BCUT2D eigenvalue weighted by molar-refractivity contribution is -0.130. The molecule has 0 aliphatic carbocycles. The maximum absolute atomic E-state index is 13.8. The van der Waals surface area contributed by atoms with Gasteiger partial charge in [-0.3, -0.25) is 19.3 Å².